The lowest BCUT2D eigenvalue weighted by molar-refractivity contribution is -0.389. The molecule has 0 aliphatic heterocycles. The van der Waals surface area contributed by atoms with Gasteiger partial charge < -0.3 is 20.3 Å². The van der Waals surface area contributed by atoms with Gasteiger partial charge in [-0.05, 0) is 30.5 Å². The molecule has 0 amide bonds. The summed E-state index contributed by atoms with van der Waals surface area (Å²) in [5.74, 6) is 0.306. The number of thiophene rings is 1. The molecule has 7 nitrogen and oxygen atoms in total. The highest BCUT2D eigenvalue weighted by Crippen LogP contribution is 2.29. The highest BCUT2D eigenvalue weighted by atomic mass is 32.1. The maximum atomic E-state index is 11.3. The lowest BCUT2D eigenvalue weighted by Crippen LogP contribution is -2.26. The van der Waals surface area contributed by atoms with Crippen LogP contribution >= 0.6 is 22.7 Å². The zero-order chi connectivity index (χ0) is 15.7. The van der Waals surface area contributed by atoms with Gasteiger partial charge in [-0.25, -0.2) is 0 Å². The number of nitrogens with one attached hydrogen (secondary N) is 1. The Hall–Kier alpha value is -1.97. The summed E-state index contributed by atoms with van der Waals surface area (Å²) < 4.78 is 1.50. The Labute approximate surface area is 135 Å². The van der Waals surface area contributed by atoms with E-state index in [1.807, 2.05) is 25.5 Å². The largest absolute Gasteiger partial charge is 0.372 e. The fourth-order valence-corrected chi connectivity index (χ4v) is 3.91. The first kappa shape index (κ1) is 14.9. The normalized spacial score (nSPS) is 12.9. The van der Waals surface area contributed by atoms with Crippen LogP contribution in [0.5, 0.6) is 0 Å². The average molecular weight is 337 g/mol. The minimum Gasteiger partial charge on any atom is -0.361 e. The molecule has 0 aromatic carbocycles. The van der Waals surface area contributed by atoms with Gasteiger partial charge in [-0.2, -0.15) is 9.38 Å². The predicted molar refractivity (Wildman–Crippen MR) is 89.0 cm³/mol. The van der Waals surface area contributed by atoms with Crippen LogP contribution in [0, 0.1) is 10.1 Å². The number of hydrogen-bond acceptors (Lipinski definition) is 7. The molecule has 0 aliphatic rings. The van der Waals surface area contributed by atoms with Crippen LogP contribution in [0.4, 0.5) is 11.6 Å². The molecule has 0 saturated heterocycles. The number of rotatable bonds is 6. The van der Waals surface area contributed by atoms with E-state index in [1.54, 1.807) is 22.9 Å². The minimum atomic E-state index is -0.398. The van der Waals surface area contributed by atoms with E-state index in [0.29, 0.717) is 17.3 Å². The summed E-state index contributed by atoms with van der Waals surface area (Å²) in [6, 6.07) is 4.21. The predicted octanol–water partition coefficient (Wildman–Crippen LogP) is 3.08. The molecule has 3 aromatic rings. The monoisotopic (exact) mass is 337 g/mol. The number of likely N-dealkylation sites (N-methyl/N-ethyl adjacent to an activating group) is 1. The summed E-state index contributed by atoms with van der Waals surface area (Å²) >= 11 is 3.05. The summed E-state index contributed by atoms with van der Waals surface area (Å²) in [7, 11) is 3.98. The molecule has 1 atom stereocenters. The zero-order valence-corrected chi connectivity index (χ0v) is 13.7. The van der Waals surface area contributed by atoms with Crippen molar-refractivity contribution < 1.29 is 4.92 Å². The molecule has 3 rings (SSSR count). The molecule has 0 fully saturated rings. The summed E-state index contributed by atoms with van der Waals surface area (Å²) in [5, 5.41) is 18.3. The van der Waals surface area contributed by atoms with E-state index in [-0.39, 0.29) is 11.9 Å². The molecule has 0 unspecified atom stereocenters. The SMILES string of the molecule is CN(C)[C@@H](CNc1nc2sccn2c1[N+](=O)[O-])c1cccs1. The number of imidazole rings is 1. The fraction of sp³-hybridized carbons (Fsp3) is 0.308. The van der Waals surface area contributed by atoms with Crippen LogP contribution < -0.4 is 5.32 Å². The van der Waals surface area contributed by atoms with Crippen molar-refractivity contribution in [2.24, 2.45) is 0 Å². The van der Waals surface area contributed by atoms with Crippen molar-refractivity contribution in [2.45, 2.75) is 6.04 Å². The van der Waals surface area contributed by atoms with Gasteiger partial charge in [0.15, 0.2) is 0 Å². The highest BCUT2D eigenvalue weighted by Gasteiger charge is 2.25. The molecular weight excluding hydrogens is 322 g/mol. The fourth-order valence-electron chi connectivity index (χ4n) is 2.28. The Kier molecular flexibility index (Phi) is 4.10. The number of hydrogen-bond donors (Lipinski definition) is 1. The number of aromatic nitrogens is 2. The topological polar surface area (TPSA) is 75.7 Å². The van der Waals surface area contributed by atoms with Crippen LogP contribution in [0.25, 0.3) is 4.96 Å². The maximum Gasteiger partial charge on any atom is 0.372 e. The Morgan fingerprint density at radius 3 is 2.91 bits per heavy atom. The van der Waals surface area contributed by atoms with Crippen molar-refractivity contribution in [3.05, 3.63) is 44.1 Å². The van der Waals surface area contributed by atoms with Gasteiger partial charge in [0.2, 0.25) is 5.82 Å². The molecule has 116 valence electrons. The van der Waals surface area contributed by atoms with Crippen molar-refractivity contribution in [2.75, 3.05) is 26.0 Å². The van der Waals surface area contributed by atoms with E-state index in [9.17, 15) is 10.1 Å². The van der Waals surface area contributed by atoms with E-state index in [2.05, 4.69) is 21.3 Å². The summed E-state index contributed by atoms with van der Waals surface area (Å²) in [6.45, 7) is 0.555. The number of thiazole rings is 1. The molecule has 0 saturated carbocycles. The lowest BCUT2D eigenvalue weighted by atomic mass is 10.2. The van der Waals surface area contributed by atoms with E-state index >= 15 is 0 Å². The Balaban J connectivity index is 1.85. The van der Waals surface area contributed by atoms with Crippen LogP contribution in [0.3, 0.4) is 0 Å². The molecule has 1 N–H and O–H groups in total. The number of nitrogens with zero attached hydrogens (tertiary/aromatic N) is 4. The molecule has 0 aliphatic carbocycles. The maximum absolute atomic E-state index is 11.3. The molecule has 3 heterocycles. The summed E-state index contributed by atoms with van der Waals surface area (Å²) in [4.78, 5) is 19.1. The van der Waals surface area contributed by atoms with Crippen LogP contribution in [0.15, 0.2) is 29.1 Å². The summed E-state index contributed by atoms with van der Waals surface area (Å²) in [6.07, 6.45) is 1.67. The third kappa shape index (κ3) is 2.70. The minimum absolute atomic E-state index is 0.0139. The number of nitro groups is 1. The van der Waals surface area contributed by atoms with Gasteiger partial charge >= 0.3 is 5.82 Å². The van der Waals surface area contributed by atoms with Crippen molar-refractivity contribution in [1.82, 2.24) is 14.3 Å². The van der Waals surface area contributed by atoms with Crippen LogP contribution in [0.2, 0.25) is 0 Å². The van der Waals surface area contributed by atoms with Gasteiger partial charge in [0, 0.05) is 16.8 Å². The molecule has 22 heavy (non-hydrogen) atoms. The third-order valence-corrected chi connectivity index (χ3v) is 5.10. The highest BCUT2D eigenvalue weighted by molar-refractivity contribution is 7.15. The zero-order valence-electron chi connectivity index (χ0n) is 12.1. The quantitative estimate of drug-likeness (QED) is 0.552. The number of fused-ring (bicyclic) bond motifs is 1. The standard InChI is InChI=1S/C13H15N5O2S2/c1-16(2)9(10-4-3-6-21-10)8-14-11-12(18(19)20)17-5-7-22-13(17)15-11/h3-7,9,14H,8H2,1-2H3/t9-/m0/s1. The smallest absolute Gasteiger partial charge is 0.361 e. The van der Waals surface area contributed by atoms with E-state index < -0.39 is 4.92 Å². The number of anilines is 1. The van der Waals surface area contributed by atoms with E-state index in [1.165, 1.54) is 20.6 Å². The third-order valence-electron chi connectivity index (χ3n) is 3.37. The van der Waals surface area contributed by atoms with Crippen molar-refractivity contribution in [3.63, 3.8) is 0 Å². The van der Waals surface area contributed by atoms with Crippen LogP contribution in [0.1, 0.15) is 10.9 Å². The second kappa shape index (κ2) is 6.03. The molecule has 3 aromatic heterocycles. The van der Waals surface area contributed by atoms with Crippen molar-refractivity contribution >= 4 is 39.3 Å². The molecule has 9 heteroatoms. The Morgan fingerprint density at radius 1 is 1.45 bits per heavy atom. The van der Waals surface area contributed by atoms with Gasteiger partial charge in [0.05, 0.1) is 6.04 Å². The van der Waals surface area contributed by atoms with Gasteiger partial charge in [0.25, 0.3) is 4.96 Å². The van der Waals surface area contributed by atoms with Crippen molar-refractivity contribution in [1.29, 1.82) is 0 Å². The van der Waals surface area contributed by atoms with E-state index in [0.717, 1.165) is 0 Å². The first-order chi connectivity index (χ1) is 10.6. The average Bonchev–Trinajstić information content (AvgIpc) is 3.12. The second-order valence-electron chi connectivity index (χ2n) is 4.97. The van der Waals surface area contributed by atoms with Gasteiger partial charge in [-0.15, -0.1) is 11.3 Å². The second-order valence-corrected chi connectivity index (χ2v) is 6.82. The van der Waals surface area contributed by atoms with Gasteiger partial charge in [0.1, 0.15) is 6.20 Å². The van der Waals surface area contributed by atoms with Crippen LogP contribution in [-0.4, -0.2) is 39.8 Å². The van der Waals surface area contributed by atoms with Crippen molar-refractivity contribution in [3.8, 4) is 0 Å². The lowest BCUT2D eigenvalue weighted by Gasteiger charge is -2.23. The first-order valence-corrected chi connectivity index (χ1v) is 8.37. The summed E-state index contributed by atoms with van der Waals surface area (Å²) in [5.41, 5.74) is 0. The van der Waals surface area contributed by atoms with Crippen LogP contribution in [-0.2, 0) is 0 Å². The Bertz CT molecular complexity index is 778. The van der Waals surface area contributed by atoms with E-state index in [4.69, 9.17) is 0 Å². The molecule has 0 bridgehead atoms. The molecule has 0 radical (unpaired) electrons. The Morgan fingerprint density at radius 2 is 2.27 bits per heavy atom. The molecular formula is C13H15N5O2S2. The van der Waals surface area contributed by atoms with Gasteiger partial charge in [-0.1, -0.05) is 17.4 Å². The van der Waals surface area contributed by atoms with Gasteiger partial charge in [-0.3, -0.25) is 0 Å². The first-order valence-electron chi connectivity index (χ1n) is 6.61. The molecule has 0 spiro atoms.